The summed E-state index contributed by atoms with van der Waals surface area (Å²) in [5.74, 6) is 3.06. The van der Waals surface area contributed by atoms with Crippen LogP contribution in [0.2, 0.25) is 0 Å². The minimum Gasteiger partial charge on any atom is -0.423 e. The first-order chi connectivity index (χ1) is 45.6. The topological polar surface area (TPSA) is 233 Å². The van der Waals surface area contributed by atoms with Crippen molar-refractivity contribution in [1.82, 2.24) is 71.3 Å². The highest BCUT2D eigenvalue weighted by Crippen LogP contribution is 2.25. The Kier molecular flexibility index (Phi) is 16.3. The second-order valence-electron chi connectivity index (χ2n) is 22.7. The number of thiazole rings is 1. The number of fused-ring (bicyclic) bond motifs is 19. The van der Waals surface area contributed by atoms with E-state index >= 15 is 0 Å². The fourth-order valence-corrected chi connectivity index (χ4v) is 14.1. The Labute approximate surface area is 550 Å². The van der Waals surface area contributed by atoms with Crippen LogP contribution in [0.4, 0.5) is 0 Å². The van der Waals surface area contributed by atoms with Crippen LogP contribution in [0.15, 0.2) is 205 Å². The van der Waals surface area contributed by atoms with Gasteiger partial charge in [-0.3, -0.25) is 36.8 Å². The lowest BCUT2D eigenvalue weighted by Crippen LogP contribution is -2.24. The van der Waals surface area contributed by atoms with Crippen LogP contribution in [-0.2, 0) is 12.8 Å². The molecule has 0 saturated carbocycles. The smallest absolute Gasteiger partial charge is 0.309 e. The number of hydrogen-bond acceptors (Lipinski definition) is 15. The van der Waals surface area contributed by atoms with Gasteiger partial charge in [-0.2, -0.15) is 0 Å². The maximum Gasteiger partial charge on any atom is 0.309 e. The molecule has 20 nitrogen and oxygen atoms in total. The molecule has 0 atom stereocenters. The molecule has 0 aliphatic heterocycles. The largest absolute Gasteiger partial charge is 0.423 e. The van der Waals surface area contributed by atoms with Crippen molar-refractivity contribution in [2.45, 2.75) is 66.2 Å². The zero-order chi connectivity index (χ0) is 64.9. The number of imidazole rings is 4. The average Bonchev–Trinajstić information content (AvgIpc) is 1.61. The van der Waals surface area contributed by atoms with E-state index in [1.165, 1.54) is 21.8 Å². The Morgan fingerprint density at radius 3 is 1.62 bits per heavy atom. The lowest BCUT2D eigenvalue weighted by molar-refractivity contribution is 0.632. The second kappa shape index (κ2) is 25.3. The molecule has 24 heteroatoms. The highest BCUT2D eigenvalue weighted by Gasteiger charge is 2.19. The number of para-hydroxylation sites is 11. The first kappa shape index (κ1) is 60.6. The van der Waals surface area contributed by atoms with Gasteiger partial charge in [0.25, 0.3) is 22.2 Å². The van der Waals surface area contributed by atoms with Gasteiger partial charge in [-0.1, -0.05) is 122 Å². The second-order valence-corrected chi connectivity index (χ2v) is 25.4. The molecule has 1 aliphatic carbocycles. The summed E-state index contributed by atoms with van der Waals surface area (Å²) in [5.41, 5.74) is 15.5. The third kappa shape index (κ3) is 11.6. The van der Waals surface area contributed by atoms with Gasteiger partial charge in [0.2, 0.25) is 17.3 Å². The van der Waals surface area contributed by atoms with E-state index in [9.17, 15) is 19.2 Å². The molecule has 0 bridgehead atoms. The molecular formula is C70H57N15O5S4. The van der Waals surface area contributed by atoms with E-state index in [-0.39, 0.29) is 22.2 Å². The highest BCUT2D eigenvalue weighted by atomic mass is 32.1. The fraction of sp³-hybridized carbons (Fsp3) is 0.143. The van der Waals surface area contributed by atoms with E-state index in [0.29, 0.717) is 28.8 Å². The van der Waals surface area contributed by atoms with Gasteiger partial charge in [-0.15, -0.1) is 11.3 Å². The van der Waals surface area contributed by atoms with Crippen LogP contribution in [0.25, 0.3) is 98.5 Å². The summed E-state index contributed by atoms with van der Waals surface area (Å²) in [5, 5.41) is 1.77. The molecule has 0 saturated heterocycles. The molecule has 0 amide bonds. The predicted octanol–water partition coefficient (Wildman–Crippen LogP) is 14.5. The van der Waals surface area contributed by atoms with Crippen LogP contribution >= 0.6 is 47.1 Å². The Hall–Kier alpha value is -10.9. The summed E-state index contributed by atoms with van der Waals surface area (Å²) in [6.45, 7) is 9.87. The van der Waals surface area contributed by atoms with Gasteiger partial charge in [-0.25, -0.2) is 38.7 Å². The van der Waals surface area contributed by atoms with Crippen molar-refractivity contribution in [3.8, 4) is 0 Å². The minimum absolute atomic E-state index is 0.00468. The number of hydrogen-bond donors (Lipinski definition) is 3. The van der Waals surface area contributed by atoms with Gasteiger partial charge < -0.3 is 19.4 Å². The SMILES string of the molecule is CC(C)c1cc(=S)n2c(nc3ccccc32)[nH]1.Cc1cc(=O)n2c(n1)oc1ccccc12.Cc1cc(=O)n2c(n1)sc1ccccc12.Cc1cc(=S)n2c(nc3ccccc32)[nH]1.O=c1c2c([nH]c3nc4ccccc4n13)CCCC2.O=c1ccsc2nc3ccccc3n12. The highest BCUT2D eigenvalue weighted by molar-refractivity contribution is 7.71. The predicted molar refractivity (Wildman–Crippen MR) is 379 cm³/mol. The molecule has 18 aromatic rings. The first-order valence-corrected chi connectivity index (χ1v) is 32.7. The van der Waals surface area contributed by atoms with E-state index in [1.807, 2.05) is 180 Å². The number of rotatable bonds is 1. The van der Waals surface area contributed by atoms with Gasteiger partial charge >= 0.3 is 5.84 Å². The molecule has 12 aromatic heterocycles. The lowest BCUT2D eigenvalue weighted by Gasteiger charge is -2.14. The number of oxazole rings is 1. The summed E-state index contributed by atoms with van der Waals surface area (Å²) in [6.07, 6.45) is 4.10. The summed E-state index contributed by atoms with van der Waals surface area (Å²) < 4.78 is 18.6. The van der Waals surface area contributed by atoms with Crippen LogP contribution in [0.1, 0.15) is 66.6 Å². The lowest BCUT2D eigenvalue weighted by atomic mass is 9.97. The Bertz CT molecular complexity index is 6050. The normalized spacial score (nSPS) is 12.1. The molecule has 6 aromatic carbocycles. The number of aromatic amines is 3. The zero-order valence-corrected chi connectivity index (χ0v) is 54.5. The molecule has 0 fully saturated rings. The number of nitrogens with zero attached hydrogens (tertiary/aromatic N) is 12. The quantitative estimate of drug-likeness (QED) is 0.130. The minimum atomic E-state index is -0.109. The molecule has 466 valence electrons. The average molecular weight is 1320 g/mol. The van der Waals surface area contributed by atoms with Crippen LogP contribution < -0.4 is 22.2 Å². The molecular weight excluding hydrogens is 1260 g/mol. The number of aryl methyl sites for hydroxylation is 4. The summed E-state index contributed by atoms with van der Waals surface area (Å²) in [4.78, 5) is 85.5. The zero-order valence-electron chi connectivity index (χ0n) is 51.3. The van der Waals surface area contributed by atoms with E-state index in [2.05, 4.69) is 58.7 Å². The van der Waals surface area contributed by atoms with E-state index < -0.39 is 0 Å². The van der Waals surface area contributed by atoms with Crippen molar-refractivity contribution in [1.29, 1.82) is 0 Å². The summed E-state index contributed by atoms with van der Waals surface area (Å²) >= 11 is 13.8. The standard InChI is InChI=1S/C14H13N3O.C13H13N3S.C11H9N3S.C11H8N2O2.C11H8N2OS.C10H6N2OS/c18-13-9-5-1-2-6-10(9)15-14-16-11-7-3-4-8-12(11)17(13)14;1-8(2)10-7-12(17)16-11-6-4-3-5-9(11)14-13(16)15-10;1-7-6-10(15)14-9-5-3-2-4-8(9)13-11(14)12-7;2*1-7-6-10(14)13-8-4-2-3-5-9(8)15-11(13)12-7;13-9-5-6-14-10-11-7-3-1-2-4-8(7)12(9)10/h3-4,7-8H,1-2,5-6H2,(H,15,16);3-8H,1-2H3,(H,14,15);2-6H,1H3,(H,12,13);2*2-6H,1H3;1-6H. The molecule has 0 unspecified atom stereocenters. The van der Waals surface area contributed by atoms with Crippen molar-refractivity contribution in [3.63, 3.8) is 0 Å². The molecule has 19 rings (SSSR count). The number of H-pyrrole nitrogens is 3. The van der Waals surface area contributed by atoms with E-state index in [4.69, 9.17) is 28.9 Å². The fourth-order valence-electron chi connectivity index (χ4n) is 11.6. The van der Waals surface area contributed by atoms with Gasteiger partial charge in [-0.05, 0) is 143 Å². The van der Waals surface area contributed by atoms with Crippen LogP contribution in [-0.4, -0.2) is 71.3 Å². The van der Waals surface area contributed by atoms with Gasteiger partial charge in [0.1, 0.15) is 9.28 Å². The third-order valence-electron chi connectivity index (χ3n) is 15.9. The Morgan fingerprint density at radius 1 is 0.468 bits per heavy atom. The maximum atomic E-state index is 12.6. The van der Waals surface area contributed by atoms with Crippen molar-refractivity contribution < 1.29 is 4.42 Å². The van der Waals surface area contributed by atoms with Crippen molar-refractivity contribution >= 4 is 146 Å². The van der Waals surface area contributed by atoms with Crippen molar-refractivity contribution in [3.05, 3.63) is 266 Å². The monoisotopic (exact) mass is 1320 g/mol. The van der Waals surface area contributed by atoms with Crippen LogP contribution in [0, 0.1) is 30.1 Å². The van der Waals surface area contributed by atoms with Crippen molar-refractivity contribution in [2.24, 2.45) is 0 Å². The summed E-state index contributed by atoms with van der Waals surface area (Å²) in [6, 6.07) is 55.2. The number of nitrogens with one attached hydrogen (secondary N) is 3. The Morgan fingerprint density at radius 2 is 0.968 bits per heavy atom. The Balaban J connectivity index is 0.0000000976. The van der Waals surface area contributed by atoms with Gasteiger partial charge in [0.05, 0.1) is 59.9 Å². The molecule has 0 spiro atoms. The van der Waals surface area contributed by atoms with Gasteiger partial charge in [0.15, 0.2) is 15.5 Å². The molecule has 0 radical (unpaired) electrons. The maximum absolute atomic E-state index is 12.6. The summed E-state index contributed by atoms with van der Waals surface area (Å²) in [7, 11) is 0. The molecule has 12 heterocycles. The van der Waals surface area contributed by atoms with E-state index in [0.717, 1.165) is 145 Å². The molecule has 3 N–H and O–H groups in total. The first-order valence-electron chi connectivity index (χ1n) is 30.2. The van der Waals surface area contributed by atoms with Gasteiger partial charge in [0, 0.05) is 52.2 Å². The van der Waals surface area contributed by atoms with Crippen LogP contribution in [0.5, 0.6) is 0 Å². The number of aromatic nitrogens is 15. The van der Waals surface area contributed by atoms with E-state index in [1.54, 1.807) is 49.0 Å². The van der Waals surface area contributed by atoms with Crippen LogP contribution in [0.3, 0.4) is 0 Å². The number of benzene rings is 6. The molecule has 94 heavy (non-hydrogen) atoms. The van der Waals surface area contributed by atoms with Crippen molar-refractivity contribution in [2.75, 3.05) is 0 Å². The molecule has 1 aliphatic rings. The third-order valence-corrected chi connectivity index (χ3v) is 18.3.